The lowest BCUT2D eigenvalue weighted by Gasteiger charge is -2.20. The summed E-state index contributed by atoms with van der Waals surface area (Å²) in [7, 11) is 3.71. The molecule has 0 spiro atoms. The molecule has 1 atom stereocenters. The van der Waals surface area contributed by atoms with E-state index in [-0.39, 0.29) is 6.04 Å². The lowest BCUT2D eigenvalue weighted by molar-refractivity contribution is 0.406. The third-order valence-electron chi connectivity index (χ3n) is 3.56. The number of likely N-dealkylation sites (N-methyl/N-ethyl adjacent to an activating group) is 1. The molecule has 2 rings (SSSR count). The van der Waals surface area contributed by atoms with E-state index >= 15 is 0 Å². The number of rotatable bonds is 5. The van der Waals surface area contributed by atoms with Crippen LogP contribution in [0.15, 0.2) is 46.9 Å². The first kappa shape index (κ1) is 15.1. The van der Waals surface area contributed by atoms with Crippen LogP contribution in [0.2, 0.25) is 0 Å². The maximum Gasteiger partial charge on any atom is 0.122 e. The van der Waals surface area contributed by atoms with Gasteiger partial charge in [0, 0.05) is 10.5 Å². The number of ether oxygens (including phenoxy) is 1. The molecule has 0 heterocycles. The summed E-state index contributed by atoms with van der Waals surface area (Å²) in [5, 5.41) is 3.40. The van der Waals surface area contributed by atoms with E-state index in [0.29, 0.717) is 0 Å². The van der Waals surface area contributed by atoms with Gasteiger partial charge in [-0.2, -0.15) is 0 Å². The summed E-state index contributed by atoms with van der Waals surface area (Å²) in [4.78, 5) is 0. The molecule has 2 nitrogen and oxygen atoms in total. The van der Waals surface area contributed by atoms with Gasteiger partial charge in [-0.1, -0.05) is 52.3 Å². The Kier molecular flexibility index (Phi) is 5.21. The molecule has 106 valence electrons. The van der Waals surface area contributed by atoms with Gasteiger partial charge in [-0.15, -0.1) is 0 Å². The Morgan fingerprint density at radius 2 is 1.90 bits per heavy atom. The van der Waals surface area contributed by atoms with Crippen molar-refractivity contribution in [1.29, 1.82) is 0 Å². The van der Waals surface area contributed by atoms with E-state index in [1.54, 1.807) is 7.11 Å². The molecule has 1 N–H and O–H groups in total. The van der Waals surface area contributed by atoms with E-state index < -0.39 is 0 Å². The van der Waals surface area contributed by atoms with Gasteiger partial charge in [0.25, 0.3) is 0 Å². The van der Waals surface area contributed by atoms with E-state index in [4.69, 9.17) is 4.74 Å². The summed E-state index contributed by atoms with van der Waals surface area (Å²) in [6.45, 7) is 2.11. The zero-order valence-corrected chi connectivity index (χ0v) is 13.7. The quantitative estimate of drug-likeness (QED) is 0.882. The van der Waals surface area contributed by atoms with Crippen LogP contribution in [0.1, 0.15) is 22.7 Å². The predicted octanol–water partition coefficient (Wildman–Crippen LogP) is 4.27. The zero-order chi connectivity index (χ0) is 14.5. The van der Waals surface area contributed by atoms with Gasteiger partial charge in [0.2, 0.25) is 0 Å². The largest absolute Gasteiger partial charge is 0.496 e. The normalized spacial score (nSPS) is 12.2. The van der Waals surface area contributed by atoms with Gasteiger partial charge >= 0.3 is 0 Å². The highest BCUT2D eigenvalue weighted by atomic mass is 79.9. The van der Waals surface area contributed by atoms with E-state index in [2.05, 4.69) is 58.5 Å². The minimum atomic E-state index is 0.251. The fourth-order valence-corrected chi connectivity index (χ4v) is 2.94. The number of benzene rings is 2. The van der Waals surface area contributed by atoms with Crippen molar-refractivity contribution in [2.75, 3.05) is 14.2 Å². The maximum atomic E-state index is 5.44. The Morgan fingerprint density at radius 3 is 2.60 bits per heavy atom. The second kappa shape index (κ2) is 6.91. The molecular formula is C17H20BrNO. The molecule has 0 bridgehead atoms. The number of aryl methyl sites for hydroxylation is 1. The van der Waals surface area contributed by atoms with Crippen molar-refractivity contribution >= 4 is 15.9 Å². The first-order chi connectivity index (χ1) is 9.67. The van der Waals surface area contributed by atoms with Crippen molar-refractivity contribution in [3.8, 4) is 5.75 Å². The minimum Gasteiger partial charge on any atom is -0.496 e. The number of hydrogen-bond donors (Lipinski definition) is 1. The van der Waals surface area contributed by atoms with Crippen LogP contribution in [0.5, 0.6) is 5.75 Å². The Morgan fingerprint density at radius 1 is 1.15 bits per heavy atom. The molecule has 0 saturated carbocycles. The SMILES string of the molecule is CNC(Cc1ccccc1OC)c1cccc(C)c1Br. The van der Waals surface area contributed by atoms with Crippen LogP contribution in [-0.4, -0.2) is 14.2 Å². The molecule has 20 heavy (non-hydrogen) atoms. The van der Waals surface area contributed by atoms with Crippen molar-refractivity contribution in [2.24, 2.45) is 0 Å². The summed E-state index contributed by atoms with van der Waals surface area (Å²) in [6.07, 6.45) is 0.891. The summed E-state index contributed by atoms with van der Waals surface area (Å²) in [6, 6.07) is 14.8. The number of halogens is 1. The number of methoxy groups -OCH3 is 1. The second-order valence-electron chi connectivity index (χ2n) is 4.84. The number of para-hydroxylation sites is 1. The van der Waals surface area contributed by atoms with E-state index in [9.17, 15) is 0 Å². The highest BCUT2D eigenvalue weighted by Crippen LogP contribution is 2.30. The molecule has 0 amide bonds. The van der Waals surface area contributed by atoms with Crippen molar-refractivity contribution < 1.29 is 4.74 Å². The van der Waals surface area contributed by atoms with E-state index in [0.717, 1.165) is 12.2 Å². The monoisotopic (exact) mass is 333 g/mol. The van der Waals surface area contributed by atoms with Crippen LogP contribution < -0.4 is 10.1 Å². The minimum absolute atomic E-state index is 0.251. The van der Waals surface area contributed by atoms with Crippen LogP contribution in [-0.2, 0) is 6.42 Å². The third-order valence-corrected chi connectivity index (χ3v) is 4.65. The van der Waals surface area contributed by atoms with Crippen molar-refractivity contribution in [2.45, 2.75) is 19.4 Å². The first-order valence-electron chi connectivity index (χ1n) is 6.71. The molecule has 0 aliphatic carbocycles. The van der Waals surface area contributed by atoms with E-state index in [1.165, 1.54) is 21.2 Å². The molecule has 0 aliphatic heterocycles. The second-order valence-corrected chi connectivity index (χ2v) is 5.63. The summed E-state index contributed by atoms with van der Waals surface area (Å²) < 4.78 is 6.62. The molecule has 0 aliphatic rings. The predicted molar refractivity (Wildman–Crippen MR) is 87.4 cm³/mol. The highest BCUT2D eigenvalue weighted by molar-refractivity contribution is 9.10. The molecule has 1 unspecified atom stereocenters. The van der Waals surface area contributed by atoms with Crippen LogP contribution in [0, 0.1) is 6.92 Å². The lowest BCUT2D eigenvalue weighted by atomic mass is 9.97. The molecular weight excluding hydrogens is 314 g/mol. The fourth-order valence-electron chi connectivity index (χ4n) is 2.40. The fraction of sp³-hybridized carbons (Fsp3) is 0.294. The first-order valence-corrected chi connectivity index (χ1v) is 7.50. The number of hydrogen-bond acceptors (Lipinski definition) is 2. The Balaban J connectivity index is 2.31. The standard InChI is InChI=1S/C17H20BrNO/c1-12-7-6-9-14(17(12)18)15(19-2)11-13-8-4-5-10-16(13)20-3/h4-10,15,19H,11H2,1-3H3. The van der Waals surface area contributed by atoms with E-state index in [1.807, 2.05) is 19.2 Å². The summed E-state index contributed by atoms with van der Waals surface area (Å²) >= 11 is 3.70. The highest BCUT2D eigenvalue weighted by Gasteiger charge is 2.16. The molecule has 2 aromatic rings. The van der Waals surface area contributed by atoms with Gasteiger partial charge in [-0.05, 0) is 43.1 Å². The Bertz CT molecular complexity index is 583. The van der Waals surface area contributed by atoms with Crippen molar-refractivity contribution in [3.05, 3.63) is 63.6 Å². The lowest BCUT2D eigenvalue weighted by Crippen LogP contribution is -2.19. The van der Waals surface area contributed by atoms with Crippen molar-refractivity contribution in [1.82, 2.24) is 5.32 Å². The summed E-state index contributed by atoms with van der Waals surface area (Å²) in [5.74, 6) is 0.941. The average Bonchev–Trinajstić information content (AvgIpc) is 2.48. The van der Waals surface area contributed by atoms with Crippen LogP contribution in [0.25, 0.3) is 0 Å². The molecule has 0 radical (unpaired) electrons. The topological polar surface area (TPSA) is 21.3 Å². The van der Waals surface area contributed by atoms with Gasteiger partial charge in [0.05, 0.1) is 7.11 Å². The Hall–Kier alpha value is -1.32. The van der Waals surface area contributed by atoms with Gasteiger partial charge in [-0.25, -0.2) is 0 Å². The molecule has 0 aromatic heterocycles. The zero-order valence-electron chi connectivity index (χ0n) is 12.1. The van der Waals surface area contributed by atoms with Crippen LogP contribution in [0.3, 0.4) is 0 Å². The summed E-state index contributed by atoms with van der Waals surface area (Å²) in [5.41, 5.74) is 3.74. The van der Waals surface area contributed by atoms with Gasteiger partial charge < -0.3 is 10.1 Å². The van der Waals surface area contributed by atoms with Gasteiger partial charge in [0.15, 0.2) is 0 Å². The molecule has 0 saturated heterocycles. The number of nitrogens with one attached hydrogen (secondary N) is 1. The maximum absolute atomic E-state index is 5.44. The van der Waals surface area contributed by atoms with Crippen LogP contribution in [0.4, 0.5) is 0 Å². The Labute approximate surface area is 129 Å². The molecule has 0 fully saturated rings. The van der Waals surface area contributed by atoms with Crippen LogP contribution >= 0.6 is 15.9 Å². The third kappa shape index (κ3) is 3.22. The van der Waals surface area contributed by atoms with Gasteiger partial charge in [-0.3, -0.25) is 0 Å². The van der Waals surface area contributed by atoms with Gasteiger partial charge in [0.1, 0.15) is 5.75 Å². The smallest absolute Gasteiger partial charge is 0.122 e. The molecule has 3 heteroatoms. The van der Waals surface area contributed by atoms with Crippen molar-refractivity contribution in [3.63, 3.8) is 0 Å². The molecule has 2 aromatic carbocycles. The average molecular weight is 334 g/mol.